The van der Waals surface area contributed by atoms with Gasteiger partial charge < -0.3 is 42.8 Å². The van der Waals surface area contributed by atoms with E-state index in [1.165, 1.54) is 39.8 Å². The summed E-state index contributed by atoms with van der Waals surface area (Å²) in [4.78, 5) is 89.8. The van der Waals surface area contributed by atoms with Crippen LogP contribution in [0.3, 0.4) is 0 Å². The highest BCUT2D eigenvalue weighted by atomic mass is 19.1. The lowest BCUT2D eigenvalue weighted by atomic mass is 9.77. The van der Waals surface area contributed by atoms with E-state index in [0.717, 1.165) is 19.4 Å². The average molecular weight is 988 g/mol. The van der Waals surface area contributed by atoms with Crippen LogP contribution in [0.1, 0.15) is 94.9 Å². The first kappa shape index (κ1) is 51.9. The third-order valence-electron chi connectivity index (χ3n) is 12.0. The molecule has 0 radical (unpaired) electrons. The molecule has 0 N–H and O–H groups in total. The number of carbonyl (C=O) groups excluding carboxylic acids is 7. The zero-order valence-electron chi connectivity index (χ0n) is 40.4. The van der Waals surface area contributed by atoms with Gasteiger partial charge in [-0.05, 0) is 89.2 Å². The van der Waals surface area contributed by atoms with E-state index in [4.69, 9.17) is 37.9 Å². The Morgan fingerprint density at radius 3 is 1.94 bits per heavy atom. The summed E-state index contributed by atoms with van der Waals surface area (Å²) < 4.78 is 60.5. The second kappa shape index (κ2) is 23.3. The van der Waals surface area contributed by atoms with E-state index in [2.05, 4.69) is 0 Å². The lowest BCUT2D eigenvalue weighted by Crippen LogP contribution is -2.59. The standard InChI is InChI=1S/C55H54FNO15/c1-31(58)65-30-49-52(69-34(4)61)54(71-36(6)63)53(70-35(5)62)51(72-49)41-14-10-13-39(27-41)40-17-24-45(48(28-40)66-29-37-11-8-7-9-12-37)50-46(25-26-47(68-33(3)60)38-15-18-42(56)19-16-38)55(64)57(50)43-20-22-44(23-21-43)67-32(2)59/h7-24,27-28,46-47,49-54H,25-26,29-30H2,1-6H3/t46-,47+,49-,50-,51?,52-,53+,54+/m1/s1. The number of rotatable bonds is 18. The Hall–Kier alpha value is -7.92. The van der Waals surface area contributed by atoms with Crippen molar-refractivity contribution >= 4 is 47.4 Å². The molecule has 376 valence electrons. The van der Waals surface area contributed by atoms with Crippen molar-refractivity contribution in [3.8, 4) is 22.6 Å². The molecule has 1 unspecified atom stereocenters. The number of amides is 1. The lowest BCUT2D eigenvalue weighted by molar-refractivity contribution is -0.254. The monoisotopic (exact) mass is 987 g/mol. The normalized spacial score (nSPS) is 20.7. The molecule has 0 aromatic heterocycles. The van der Waals surface area contributed by atoms with Crippen molar-refractivity contribution in [2.45, 2.75) is 104 Å². The molecule has 0 bridgehead atoms. The van der Waals surface area contributed by atoms with Crippen molar-refractivity contribution in [3.05, 3.63) is 149 Å². The molecule has 0 aliphatic carbocycles. The highest BCUT2D eigenvalue weighted by Crippen LogP contribution is 2.50. The molecule has 0 spiro atoms. The smallest absolute Gasteiger partial charge is 0.308 e. The molecule has 2 saturated heterocycles. The number of ether oxygens (including phenoxy) is 8. The number of hydrogen-bond donors (Lipinski definition) is 0. The number of esters is 6. The molecule has 0 saturated carbocycles. The summed E-state index contributed by atoms with van der Waals surface area (Å²) in [7, 11) is 0. The second-order valence-corrected chi connectivity index (χ2v) is 17.3. The van der Waals surface area contributed by atoms with Gasteiger partial charge in [0.1, 0.15) is 48.8 Å². The van der Waals surface area contributed by atoms with Crippen molar-refractivity contribution in [2.75, 3.05) is 11.5 Å². The number of halogens is 1. The van der Waals surface area contributed by atoms with Gasteiger partial charge in [-0.3, -0.25) is 33.6 Å². The van der Waals surface area contributed by atoms with Crippen LogP contribution in [0.5, 0.6) is 11.5 Å². The van der Waals surface area contributed by atoms with E-state index >= 15 is 0 Å². The van der Waals surface area contributed by atoms with Gasteiger partial charge in [-0.1, -0.05) is 72.8 Å². The summed E-state index contributed by atoms with van der Waals surface area (Å²) in [5.74, 6) is -4.57. The lowest BCUT2D eigenvalue weighted by Gasteiger charge is -2.48. The zero-order chi connectivity index (χ0) is 51.6. The van der Waals surface area contributed by atoms with Crippen molar-refractivity contribution in [2.24, 2.45) is 5.92 Å². The van der Waals surface area contributed by atoms with Crippen LogP contribution in [0.2, 0.25) is 0 Å². The minimum Gasteiger partial charge on any atom is -0.489 e. The first-order chi connectivity index (χ1) is 34.4. The Bertz CT molecular complexity index is 2780. The number of hydrogen-bond acceptors (Lipinski definition) is 15. The summed E-state index contributed by atoms with van der Waals surface area (Å²) in [5.41, 5.74) is 4.33. The Morgan fingerprint density at radius 1 is 0.653 bits per heavy atom. The number of benzene rings is 5. The molecular weight excluding hydrogens is 934 g/mol. The van der Waals surface area contributed by atoms with E-state index < -0.39 is 96.8 Å². The molecule has 2 fully saturated rings. The topological polar surface area (TPSA) is 197 Å². The van der Waals surface area contributed by atoms with E-state index in [9.17, 15) is 38.0 Å². The molecule has 2 heterocycles. The van der Waals surface area contributed by atoms with Crippen molar-refractivity contribution in [1.29, 1.82) is 0 Å². The van der Waals surface area contributed by atoms with E-state index in [0.29, 0.717) is 39.3 Å². The fourth-order valence-electron chi connectivity index (χ4n) is 9.03. The van der Waals surface area contributed by atoms with Crippen LogP contribution in [0.4, 0.5) is 10.1 Å². The quantitative estimate of drug-likeness (QED) is 0.0350. The third kappa shape index (κ3) is 12.9. The highest BCUT2D eigenvalue weighted by Gasteiger charge is 2.53. The van der Waals surface area contributed by atoms with Crippen LogP contribution in [0.25, 0.3) is 11.1 Å². The Kier molecular flexibility index (Phi) is 16.8. The summed E-state index contributed by atoms with van der Waals surface area (Å²) in [5, 5.41) is 0. The van der Waals surface area contributed by atoms with Crippen LogP contribution in [0, 0.1) is 11.7 Å². The minimum atomic E-state index is -1.38. The van der Waals surface area contributed by atoms with Gasteiger partial charge in [0.05, 0.1) is 12.0 Å². The first-order valence-electron chi connectivity index (χ1n) is 23.2. The molecule has 8 atom stereocenters. The molecule has 5 aromatic rings. The fourth-order valence-corrected chi connectivity index (χ4v) is 9.03. The van der Waals surface area contributed by atoms with Crippen molar-refractivity contribution in [1.82, 2.24) is 0 Å². The Morgan fingerprint density at radius 2 is 1.31 bits per heavy atom. The maximum atomic E-state index is 14.5. The van der Waals surface area contributed by atoms with Gasteiger partial charge in [0.15, 0.2) is 18.3 Å². The Labute approximate surface area is 415 Å². The fraction of sp³-hybridized carbons (Fsp3) is 0.327. The molecule has 5 aromatic carbocycles. The largest absolute Gasteiger partial charge is 0.489 e. The number of nitrogens with zero attached hydrogens (tertiary/aromatic N) is 1. The summed E-state index contributed by atoms with van der Waals surface area (Å²) in [6.07, 6.45) is -6.67. The predicted molar refractivity (Wildman–Crippen MR) is 255 cm³/mol. The summed E-state index contributed by atoms with van der Waals surface area (Å²) in [6, 6.07) is 33.7. The van der Waals surface area contributed by atoms with E-state index in [1.807, 2.05) is 54.6 Å². The van der Waals surface area contributed by atoms with Crippen molar-refractivity contribution in [3.63, 3.8) is 0 Å². The Balaban J connectivity index is 1.30. The van der Waals surface area contributed by atoms with Gasteiger partial charge in [-0.2, -0.15) is 0 Å². The van der Waals surface area contributed by atoms with Gasteiger partial charge in [0.25, 0.3) is 0 Å². The van der Waals surface area contributed by atoms with E-state index in [-0.39, 0.29) is 31.1 Å². The number of carbonyl (C=O) groups is 7. The van der Waals surface area contributed by atoms with Gasteiger partial charge >= 0.3 is 35.8 Å². The number of β-lactam (4-membered cyclic amide) rings is 1. The summed E-state index contributed by atoms with van der Waals surface area (Å²) in [6.45, 7) is 6.98. The zero-order valence-corrected chi connectivity index (χ0v) is 40.4. The van der Waals surface area contributed by atoms with Crippen LogP contribution in [-0.4, -0.2) is 72.7 Å². The van der Waals surface area contributed by atoms with Crippen LogP contribution >= 0.6 is 0 Å². The minimum absolute atomic E-state index is 0.142. The van der Waals surface area contributed by atoms with E-state index in [1.54, 1.807) is 59.5 Å². The molecule has 17 heteroatoms. The molecule has 1 amide bonds. The number of anilines is 1. The molecule has 7 rings (SSSR count). The predicted octanol–water partition coefficient (Wildman–Crippen LogP) is 8.58. The molecule has 2 aliphatic rings. The van der Waals surface area contributed by atoms with Gasteiger partial charge in [-0.25, -0.2) is 4.39 Å². The SMILES string of the molecule is CC(=O)OC[C@H]1OC(c2cccc(-c3ccc([C@@H]4[C@@H](CC[C@H](OC(C)=O)c5ccc(F)cc5)C(=O)N4c4ccc(OC(C)=O)cc4)c(OCc4ccccc4)c3)c2)[C@H](OC(C)=O)[C@@H](OC(C)=O)[C@@H]1OC(C)=O. The third-order valence-corrected chi connectivity index (χ3v) is 12.0. The van der Waals surface area contributed by atoms with Gasteiger partial charge in [0.2, 0.25) is 5.91 Å². The maximum absolute atomic E-state index is 14.5. The maximum Gasteiger partial charge on any atom is 0.308 e. The second-order valence-electron chi connectivity index (χ2n) is 17.3. The van der Waals surface area contributed by atoms with Gasteiger partial charge in [-0.15, -0.1) is 0 Å². The van der Waals surface area contributed by atoms with Crippen LogP contribution in [-0.2, 0) is 68.6 Å². The van der Waals surface area contributed by atoms with Gasteiger partial charge in [0, 0.05) is 52.8 Å². The molecule has 2 aliphatic heterocycles. The molecular formula is C55H54FNO15. The molecule has 16 nitrogen and oxygen atoms in total. The van der Waals surface area contributed by atoms with Crippen molar-refractivity contribution < 1.29 is 75.8 Å². The highest BCUT2D eigenvalue weighted by molar-refractivity contribution is 6.03. The molecule has 72 heavy (non-hydrogen) atoms. The van der Waals surface area contributed by atoms with Crippen LogP contribution in [0.15, 0.2) is 121 Å². The van der Waals surface area contributed by atoms with Crippen LogP contribution < -0.4 is 14.4 Å². The average Bonchev–Trinajstić information content (AvgIpc) is 3.33. The first-order valence-corrected chi connectivity index (χ1v) is 23.2. The summed E-state index contributed by atoms with van der Waals surface area (Å²) >= 11 is 0.